The first-order chi connectivity index (χ1) is 17.7. The zero-order chi connectivity index (χ0) is 31.3. The van der Waals surface area contributed by atoms with Crippen LogP contribution in [0.15, 0.2) is 21.9 Å². The molecule has 0 aromatic carbocycles. The third-order valence-corrected chi connectivity index (χ3v) is 23.2. The highest BCUT2D eigenvalue weighted by Crippen LogP contribution is 2.49. The molecular weight excluding hydrogens is 561 g/mol. The van der Waals surface area contributed by atoms with Crippen molar-refractivity contribution in [2.24, 2.45) is 0 Å². The van der Waals surface area contributed by atoms with E-state index >= 15 is 0 Å². The van der Waals surface area contributed by atoms with Gasteiger partial charge in [0.25, 0.3) is 5.56 Å². The molecule has 2 heterocycles. The predicted molar refractivity (Wildman–Crippen MR) is 169 cm³/mol. The minimum atomic E-state index is -2.45. The molecule has 1 fully saturated rings. The minimum absolute atomic E-state index is 0.0651. The van der Waals surface area contributed by atoms with Gasteiger partial charge in [0, 0.05) is 12.3 Å². The van der Waals surface area contributed by atoms with Crippen LogP contribution in [0, 0.1) is 0 Å². The molecule has 232 valence electrons. The van der Waals surface area contributed by atoms with Crippen LogP contribution in [0.3, 0.4) is 0 Å². The van der Waals surface area contributed by atoms with E-state index in [4.69, 9.17) is 18.0 Å². The number of rotatable bonds is 9. The van der Waals surface area contributed by atoms with Gasteiger partial charge < -0.3 is 23.1 Å². The largest absolute Gasteiger partial charge is 0.414 e. The van der Waals surface area contributed by atoms with E-state index in [1.807, 2.05) is 0 Å². The summed E-state index contributed by atoms with van der Waals surface area (Å²) in [4.78, 5) is 27.4. The maximum Gasteiger partial charge on any atom is 0.330 e. The number of hydrogen-bond donors (Lipinski definition) is 2. The summed E-state index contributed by atoms with van der Waals surface area (Å²) in [6.45, 7) is 32.1. The predicted octanol–water partition coefficient (Wildman–Crippen LogP) is 5.60. The molecule has 0 saturated carbocycles. The van der Waals surface area contributed by atoms with Crippen LogP contribution in [0.4, 0.5) is 0 Å². The molecule has 1 aromatic heterocycles. The Morgan fingerprint density at radius 1 is 0.875 bits per heavy atom. The SMILES string of the molecule is CC(C)(C)[Si](C)(C)OC[C@@]1(CO)O[C@@H](n2ccc(=O)[nH]c2=O)[C@@H](O[Si](C)(C)C(C)(C)C)C1O[Si](C)(C)C(C)(C)C. The van der Waals surface area contributed by atoms with Crippen LogP contribution in [0.1, 0.15) is 68.5 Å². The molecule has 1 unspecified atom stereocenters. The van der Waals surface area contributed by atoms with Gasteiger partial charge in [-0.1, -0.05) is 62.3 Å². The first-order valence-electron chi connectivity index (χ1n) is 14.3. The second kappa shape index (κ2) is 11.3. The highest BCUT2D eigenvalue weighted by atomic mass is 28.4. The van der Waals surface area contributed by atoms with Crippen LogP contribution in [0.25, 0.3) is 0 Å². The van der Waals surface area contributed by atoms with E-state index in [9.17, 15) is 14.7 Å². The number of aromatic amines is 1. The lowest BCUT2D eigenvalue weighted by molar-refractivity contribution is -0.145. The number of aromatic nitrogens is 2. The summed E-state index contributed by atoms with van der Waals surface area (Å²) < 4.78 is 28.9. The average molecular weight is 617 g/mol. The Labute approximate surface area is 244 Å². The van der Waals surface area contributed by atoms with Gasteiger partial charge >= 0.3 is 5.69 Å². The van der Waals surface area contributed by atoms with Gasteiger partial charge in [-0.2, -0.15) is 0 Å². The number of nitrogens with zero attached hydrogens (tertiary/aromatic N) is 1. The van der Waals surface area contributed by atoms with Crippen molar-refractivity contribution in [3.63, 3.8) is 0 Å². The summed E-state index contributed by atoms with van der Waals surface area (Å²) in [6.07, 6.45) is -0.961. The summed E-state index contributed by atoms with van der Waals surface area (Å²) in [6, 6.07) is 1.29. The normalized spacial score (nSPS) is 25.4. The van der Waals surface area contributed by atoms with Crippen molar-refractivity contribution in [2.75, 3.05) is 13.2 Å². The Morgan fingerprint density at radius 2 is 1.35 bits per heavy atom. The summed E-state index contributed by atoms with van der Waals surface area (Å²) in [5.74, 6) is 0. The highest BCUT2D eigenvalue weighted by Gasteiger charge is 2.62. The molecule has 2 rings (SSSR count). The van der Waals surface area contributed by atoms with E-state index in [1.165, 1.54) is 16.8 Å². The van der Waals surface area contributed by atoms with E-state index in [0.29, 0.717) is 0 Å². The fourth-order valence-electron chi connectivity index (χ4n) is 3.78. The molecule has 9 nitrogen and oxygen atoms in total. The van der Waals surface area contributed by atoms with Crippen LogP contribution < -0.4 is 11.2 Å². The molecule has 0 aliphatic carbocycles. The number of ether oxygens (including phenoxy) is 1. The summed E-state index contributed by atoms with van der Waals surface area (Å²) in [5.41, 5.74) is -2.39. The lowest BCUT2D eigenvalue weighted by atomic mass is 9.97. The van der Waals surface area contributed by atoms with Crippen LogP contribution in [-0.4, -0.2) is 70.6 Å². The molecule has 1 saturated heterocycles. The number of aliphatic hydroxyl groups excluding tert-OH is 1. The van der Waals surface area contributed by atoms with Crippen LogP contribution in [0.2, 0.25) is 54.4 Å². The fraction of sp³-hybridized carbons (Fsp3) is 0.857. The molecule has 12 heteroatoms. The Kier molecular flexibility index (Phi) is 10.0. The second-order valence-corrected chi connectivity index (χ2v) is 30.3. The number of nitrogens with one attached hydrogen (secondary N) is 1. The van der Waals surface area contributed by atoms with Crippen molar-refractivity contribution in [3.8, 4) is 0 Å². The van der Waals surface area contributed by atoms with Gasteiger partial charge in [0.15, 0.2) is 31.2 Å². The molecular formula is C28H56N2O7Si3. The Balaban J connectivity index is 2.81. The molecule has 1 aliphatic rings. The van der Waals surface area contributed by atoms with Gasteiger partial charge in [-0.15, -0.1) is 0 Å². The molecule has 0 radical (unpaired) electrons. The average Bonchev–Trinajstić information content (AvgIpc) is 3.02. The standard InChI is InChI=1S/C28H56N2O7Si3/c1-25(2,3)38(10,11)34-19-28(18-31)22(37-40(14,15)27(7,8)9)21(36-39(12,13)26(4,5)6)23(35-28)30-17-16-20(32)29-24(30)33/h16-17,21-23,31H,18-19H2,1-15H3,(H,29,32,33)/t21-,22?,23+,28+/m0/s1. The van der Waals surface area contributed by atoms with Crippen LogP contribution >= 0.6 is 0 Å². The van der Waals surface area contributed by atoms with Gasteiger partial charge in [-0.3, -0.25) is 14.3 Å². The van der Waals surface area contributed by atoms with Gasteiger partial charge in [-0.05, 0) is 54.4 Å². The Morgan fingerprint density at radius 3 is 1.77 bits per heavy atom. The van der Waals surface area contributed by atoms with Gasteiger partial charge in [0.1, 0.15) is 17.8 Å². The van der Waals surface area contributed by atoms with E-state index in [1.54, 1.807) is 0 Å². The van der Waals surface area contributed by atoms with Crippen LogP contribution in [0.5, 0.6) is 0 Å². The van der Waals surface area contributed by atoms with E-state index in [2.05, 4.69) is 107 Å². The molecule has 1 aromatic rings. The first kappa shape index (κ1) is 35.3. The van der Waals surface area contributed by atoms with Crippen LogP contribution in [-0.2, 0) is 18.0 Å². The monoisotopic (exact) mass is 616 g/mol. The molecule has 0 bridgehead atoms. The van der Waals surface area contributed by atoms with Crippen molar-refractivity contribution in [1.82, 2.24) is 9.55 Å². The maximum absolute atomic E-state index is 13.1. The molecule has 0 amide bonds. The van der Waals surface area contributed by atoms with Crippen molar-refractivity contribution < 1.29 is 23.1 Å². The topological polar surface area (TPSA) is 112 Å². The number of aliphatic hydroxyl groups is 1. The fourth-order valence-corrected chi connectivity index (χ4v) is 7.43. The van der Waals surface area contributed by atoms with Gasteiger partial charge in [0.05, 0.1) is 13.2 Å². The van der Waals surface area contributed by atoms with Crippen molar-refractivity contribution in [1.29, 1.82) is 0 Å². The lowest BCUT2D eigenvalue weighted by Gasteiger charge is -2.46. The smallest absolute Gasteiger partial charge is 0.330 e. The lowest BCUT2D eigenvalue weighted by Crippen LogP contribution is -2.60. The molecule has 2 N–H and O–H groups in total. The van der Waals surface area contributed by atoms with E-state index in [-0.39, 0.29) is 28.3 Å². The Bertz CT molecular complexity index is 1140. The molecule has 1 aliphatic heterocycles. The van der Waals surface area contributed by atoms with E-state index < -0.39 is 60.2 Å². The molecule has 4 atom stereocenters. The van der Waals surface area contributed by atoms with Gasteiger partial charge in [-0.25, -0.2) is 4.79 Å². The third kappa shape index (κ3) is 7.19. The zero-order valence-electron chi connectivity index (χ0n) is 27.6. The highest BCUT2D eigenvalue weighted by molar-refractivity contribution is 6.75. The summed E-state index contributed by atoms with van der Waals surface area (Å²) in [5, 5.41) is 10.8. The number of hydrogen-bond acceptors (Lipinski definition) is 7. The summed E-state index contributed by atoms with van der Waals surface area (Å²) >= 11 is 0. The molecule has 0 spiro atoms. The summed E-state index contributed by atoms with van der Waals surface area (Å²) in [7, 11) is -7.16. The zero-order valence-corrected chi connectivity index (χ0v) is 30.6. The maximum atomic E-state index is 13.1. The third-order valence-electron chi connectivity index (χ3n) is 9.79. The van der Waals surface area contributed by atoms with Crippen molar-refractivity contribution in [2.45, 2.75) is 141 Å². The quantitative estimate of drug-likeness (QED) is 0.348. The first-order valence-corrected chi connectivity index (χ1v) is 23.0. The van der Waals surface area contributed by atoms with E-state index in [0.717, 1.165) is 0 Å². The molecule has 40 heavy (non-hydrogen) atoms. The number of H-pyrrole nitrogens is 1. The second-order valence-electron chi connectivity index (χ2n) is 15.9. The minimum Gasteiger partial charge on any atom is -0.414 e. The van der Waals surface area contributed by atoms with Gasteiger partial charge in [0.2, 0.25) is 0 Å². The van der Waals surface area contributed by atoms with Crippen molar-refractivity contribution >= 4 is 25.0 Å². The van der Waals surface area contributed by atoms with Crippen molar-refractivity contribution in [3.05, 3.63) is 33.1 Å². The Hall–Kier alpha value is -0.869.